The molecule has 16 heterocycles. The second-order valence-corrected chi connectivity index (χ2v) is 35.1. The quantitative estimate of drug-likeness (QED) is 0.0418. The number of carbonyl (C=O) groups is 8. The number of halogens is 9. The monoisotopic (exact) mass is 1800 g/mol. The predicted molar refractivity (Wildman–Crippen MR) is 441 cm³/mol. The fourth-order valence-electron chi connectivity index (χ4n) is 21.8. The minimum Gasteiger partial charge on any atom is -0.503 e. The number of aromatic nitrogens is 4. The fourth-order valence-corrected chi connectivity index (χ4v) is 21.8. The number of esters is 1. The van der Waals surface area contributed by atoms with E-state index < -0.39 is 169 Å². The lowest BCUT2D eigenvalue weighted by Crippen LogP contribution is -2.53. The molecule has 5 aromatic carbocycles. The highest BCUT2D eigenvalue weighted by Gasteiger charge is 2.62. The lowest BCUT2D eigenvalue weighted by atomic mass is 9.86. The summed E-state index contributed by atoms with van der Waals surface area (Å²) in [6.07, 6.45) is 19.2. The normalized spacial score (nSPS) is 23.0. The minimum atomic E-state index is -1.18. The van der Waals surface area contributed by atoms with Gasteiger partial charge < -0.3 is 78.2 Å². The summed E-state index contributed by atoms with van der Waals surface area (Å²) < 4.78 is 146. The summed E-state index contributed by atoms with van der Waals surface area (Å²) in [5.41, 5.74) is -6.11. The number of nitrogens with one attached hydrogen (secondary N) is 3. The third-order valence-corrected chi connectivity index (χ3v) is 27.9. The molecular weight excluding hydrogens is 1710 g/mol. The molecule has 5 N–H and O–H groups in total. The van der Waals surface area contributed by atoms with Gasteiger partial charge in [-0.25, -0.2) is 44.3 Å². The molecule has 12 aliphatic heterocycles. The molecule has 37 heteroatoms. The molecule has 4 aromatic heterocycles. The summed E-state index contributed by atoms with van der Waals surface area (Å²) >= 11 is 0. The van der Waals surface area contributed by atoms with Crippen molar-refractivity contribution in [1.82, 2.24) is 53.8 Å². The highest BCUT2D eigenvalue weighted by molar-refractivity contribution is 6.03. The van der Waals surface area contributed by atoms with E-state index in [0.717, 1.165) is 114 Å². The number of hydrogen-bond donors (Lipinski definition) is 5. The van der Waals surface area contributed by atoms with Crippen LogP contribution in [0.3, 0.4) is 0 Å². The van der Waals surface area contributed by atoms with Crippen LogP contribution < -0.4 is 47.1 Å². The average Bonchev–Trinajstić information content (AvgIpc) is 1.55. The number of hydrogen-bond acceptors (Lipinski definition) is 17. The van der Waals surface area contributed by atoms with Crippen LogP contribution >= 0.6 is 0 Å². The van der Waals surface area contributed by atoms with E-state index in [4.69, 9.17) is 14.2 Å². The number of nitrogens with zero attached hydrogens (tertiary/aromatic N) is 8. The Hall–Kier alpha value is -13.8. The molecule has 12 aliphatic rings. The van der Waals surface area contributed by atoms with Crippen molar-refractivity contribution in [2.45, 2.75) is 215 Å². The van der Waals surface area contributed by atoms with Crippen LogP contribution in [0.5, 0.6) is 23.0 Å². The Bertz CT molecular complexity index is 6280. The molecule has 8 fully saturated rings. The molecule has 28 nitrogen and oxygen atoms in total. The molecule has 8 saturated heterocycles. The zero-order valence-electron chi connectivity index (χ0n) is 69.7. The van der Waals surface area contributed by atoms with Gasteiger partial charge in [-0.15, -0.1) is 0 Å². The lowest BCUT2D eigenvalue weighted by molar-refractivity contribution is 0.0468. The topological polar surface area (TPSA) is 342 Å². The predicted octanol–water partition coefficient (Wildman–Crippen LogP) is 10.8. The second-order valence-electron chi connectivity index (χ2n) is 35.1. The van der Waals surface area contributed by atoms with Crippen molar-refractivity contribution in [3.8, 4) is 23.0 Å². The van der Waals surface area contributed by atoms with Gasteiger partial charge in [0, 0.05) is 148 Å². The molecule has 0 radical (unpaired) electrons. The van der Waals surface area contributed by atoms with Crippen LogP contribution in [-0.4, -0.2) is 148 Å². The van der Waals surface area contributed by atoms with Crippen LogP contribution in [0.15, 0.2) is 141 Å². The number of ether oxygens (including phenoxy) is 3. The maximum absolute atomic E-state index is 14.1. The first-order valence-electron chi connectivity index (χ1n) is 42.8. The SMILES string of the molecule is CCOC(=O)c1cn2c(c(OCc3ccccc3)c1=O)C(=O)N1C3CCC1(CC3)C2.O=C(NCc1c(F)cc(F)cc1F)c1cn2c(c(O)c1=O)C(=O)N1C3CCC1(CC3)C2.O=C(NCc1c(F)cc(F)cc1F)c1cn2c(c(O)c1=O)C(=O)N1C3CCC1(CC3)C2.O=C(NCc1c(F)cc(F)cc1F)c1cn2c(c(OCc3ccccc3)c1=O)C(=O)N1C3CCC1(CC3)C2. The molecule has 9 aromatic rings. The third-order valence-electron chi connectivity index (χ3n) is 27.9. The van der Waals surface area contributed by atoms with Gasteiger partial charge in [-0.1, -0.05) is 60.7 Å². The van der Waals surface area contributed by atoms with Crippen LogP contribution in [0, 0.1) is 52.4 Å². The van der Waals surface area contributed by atoms with E-state index in [1.54, 1.807) is 25.9 Å². The molecule has 0 aliphatic carbocycles. The first-order valence-corrected chi connectivity index (χ1v) is 42.8. The van der Waals surface area contributed by atoms with Gasteiger partial charge in [0.05, 0.1) is 28.8 Å². The number of carbonyl (C=O) groups excluding carboxylic acids is 8. The maximum atomic E-state index is 14.1. The lowest BCUT2D eigenvalue weighted by Gasteiger charge is -2.41. The van der Waals surface area contributed by atoms with Gasteiger partial charge in [0.25, 0.3) is 41.4 Å². The van der Waals surface area contributed by atoms with Crippen molar-refractivity contribution in [3.05, 3.63) is 288 Å². The van der Waals surface area contributed by atoms with Gasteiger partial charge in [0.15, 0.2) is 45.8 Å². The number of amides is 7. The summed E-state index contributed by atoms with van der Waals surface area (Å²) in [5, 5.41) is 27.7. The molecule has 8 bridgehead atoms. The Morgan fingerprint density at radius 1 is 0.369 bits per heavy atom. The molecule has 130 heavy (non-hydrogen) atoms. The smallest absolute Gasteiger partial charge is 0.343 e. The highest BCUT2D eigenvalue weighted by atomic mass is 19.2. The third kappa shape index (κ3) is 14.8. The van der Waals surface area contributed by atoms with Crippen molar-refractivity contribution in [3.63, 3.8) is 0 Å². The number of aromatic hydroxyl groups is 2. The Balaban J connectivity index is 0.000000117. The second kappa shape index (κ2) is 33.4. The van der Waals surface area contributed by atoms with Gasteiger partial charge in [0.1, 0.15) is 87.8 Å². The van der Waals surface area contributed by atoms with Crippen molar-refractivity contribution >= 4 is 47.3 Å². The van der Waals surface area contributed by atoms with E-state index in [9.17, 15) is 107 Å². The number of benzene rings is 5. The van der Waals surface area contributed by atoms with E-state index in [2.05, 4.69) is 16.0 Å². The number of pyridine rings is 4. The Morgan fingerprint density at radius 2 is 0.623 bits per heavy atom. The van der Waals surface area contributed by atoms with E-state index in [-0.39, 0.29) is 123 Å². The molecule has 0 unspecified atom stereocenters. The van der Waals surface area contributed by atoms with E-state index in [1.807, 2.05) is 70.5 Å². The van der Waals surface area contributed by atoms with Gasteiger partial charge >= 0.3 is 5.97 Å². The van der Waals surface area contributed by atoms with Crippen LogP contribution in [0.4, 0.5) is 39.5 Å². The molecular formula is C93H84F9N11O17. The summed E-state index contributed by atoms with van der Waals surface area (Å²) in [6, 6.07) is 22.0. The largest absolute Gasteiger partial charge is 0.503 e. The first-order chi connectivity index (χ1) is 62.2. The van der Waals surface area contributed by atoms with Crippen molar-refractivity contribution in [2.75, 3.05) is 6.61 Å². The molecule has 0 saturated carbocycles. The summed E-state index contributed by atoms with van der Waals surface area (Å²) in [6.45, 7) is 1.81. The molecule has 0 atom stereocenters. The van der Waals surface area contributed by atoms with Crippen molar-refractivity contribution < 1.29 is 102 Å². The van der Waals surface area contributed by atoms with E-state index in [1.165, 1.54) is 33.9 Å². The molecule has 21 rings (SSSR count). The zero-order valence-corrected chi connectivity index (χ0v) is 69.7. The number of rotatable bonds is 17. The fraction of sp³-hybridized carbons (Fsp3) is 0.376. The Labute approximate surface area is 732 Å². The van der Waals surface area contributed by atoms with Crippen LogP contribution in [0.2, 0.25) is 0 Å². The van der Waals surface area contributed by atoms with Crippen molar-refractivity contribution in [2.24, 2.45) is 0 Å². The Morgan fingerprint density at radius 3 is 0.908 bits per heavy atom. The van der Waals surface area contributed by atoms with Crippen LogP contribution in [0.1, 0.15) is 221 Å². The maximum Gasteiger partial charge on any atom is 0.343 e. The highest BCUT2D eigenvalue weighted by Crippen LogP contribution is 2.55. The minimum absolute atomic E-state index is 0.00199. The van der Waals surface area contributed by atoms with Gasteiger partial charge in [-0.05, 0) is 121 Å². The van der Waals surface area contributed by atoms with Crippen molar-refractivity contribution in [1.29, 1.82) is 0 Å². The summed E-state index contributed by atoms with van der Waals surface area (Å²) in [7, 11) is 0. The van der Waals surface area contributed by atoms with Gasteiger partial charge in [0.2, 0.25) is 21.7 Å². The molecule has 0 spiro atoms. The summed E-state index contributed by atoms with van der Waals surface area (Å²) in [4.78, 5) is 163. The molecule has 676 valence electrons. The zero-order chi connectivity index (χ0) is 91.6. The average molecular weight is 1800 g/mol. The molecule has 7 amide bonds. The van der Waals surface area contributed by atoms with Gasteiger partial charge in [-0.3, -0.25) is 52.7 Å². The first kappa shape index (κ1) is 86.9. The van der Waals surface area contributed by atoms with E-state index in [0.29, 0.717) is 62.6 Å². The van der Waals surface area contributed by atoms with Crippen LogP contribution in [0.25, 0.3) is 0 Å². The van der Waals surface area contributed by atoms with Gasteiger partial charge in [-0.2, -0.15) is 0 Å². The standard InChI is InChI=1S/C28H24F3N3O4.C23H24N2O5.2C21H18F3N3O4/c29-17-10-21(30)19(22(31)11-17)12-32-26(36)20-13-33-15-28-8-6-18(7-9-28)34(28)27(37)23(33)25(24(20)35)38-14-16-4-2-1-3-5-16;1-2-29-22(28)17-12-24-14-23-10-8-16(9-11-23)25(23)21(27)18(24)20(19(17)26)30-13-15-6-4-3-5-7-15;2*22-10-5-14(23)12(15(24)6-10)7-25-19(30)13-8-26-9-21-3-1-11(2-4-21)27(21)20(31)16(26)18(29)17(13)28/h1-5,10-11,13,18H,6-9,12,14-15H2,(H,32,36);3-7,12,16H,2,8-11,13-14H2,1H3;2*5-6,8,11,29H,1-4,7,9H2,(H,25,30). The number of fused-ring (bicyclic) bond motifs is 4. The Kier molecular flexibility index (Phi) is 22.3. The van der Waals surface area contributed by atoms with Crippen LogP contribution in [-0.2, 0) is 63.8 Å². The summed E-state index contributed by atoms with van der Waals surface area (Å²) in [5.74, 6) is -17.1. The van der Waals surface area contributed by atoms with E-state index >= 15 is 0 Å².